The molecular weight excluding hydrogens is 323 g/mol. The van der Waals surface area contributed by atoms with E-state index in [1.807, 2.05) is 18.2 Å². The third-order valence-electron chi connectivity index (χ3n) is 3.81. The zero-order valence-electron chi connectivity index (χ0n) is 14.7. The Morgan fingerprint density at radius 1 is 1.08 bits per heavy atom. The molecule has 0 fully saturated rings. The maximum atomic E-state index is 13.5. The molecule has 2 rings (SSSR count). The van der Waals surface area contributed by atoms with Gasteiger partial charge in [-0.2, -0.15) is 0 Å². The van der Waals surface area contributed by atoms with Crippen molar-refractivity contribution in [1.29, 1.82) is 0 Å². The van der Waals surface area contributed by atoms with E-state index in [0.29, 0.717) is 35.7 Å². The lowest BCUT2D eigenvalue weighted by Gasteiger charge is -2.11. The molecule has 25 heavy (non-hydrogen) atoms. The minimum Gasteiger partial charge on any atom is -0.493 e. The first-order chi connectivity index (χ1) is 12.0. The molecule has 2 N–H and O–H groups in total. The van der Waals surface area contributed by atoms with Crippen molar-refractivity contribution < 1.29 is 18.7 Å². The number of anilines is 1. The van der Waals surface area contributed by atoms with E-state index in [0.717, 1.165) is 5.56 Å². The molecule has 0 aliphatic heterocycles. The molecule has 0 atom stereocenters. The Kier molecular flexibility index (Phi) is 6.62. The second kappa shape index (κ2) is 8.92. The highest BCUT2D eigenvalue weighted by Crippen LogP contribution is 2.27. The second-order valence-corrected chi connectivity index (χ2v) is 5.61. The van der Waals surface area contributed by atoms with Crippen LogP contribution < -0.4 is 20.1 Å². The predicted molar refractivity (Wildman–Crippen MR) is 95.9 cm³/mol. The number of carbonyl (C=O) groups excluding carboxylic acids is 1. The standard InChI is InChI=1S/C19H23FN2O3/c1-13-4-6-15(11-16(13)20)22-12-19(23)21-9-8-14-5-7-17(24-2)18(10-14)25-3/h4-7,10-11,22H,8-9,12H2,1-3H3,(H,21,23). The molecule has 2 aromatic rings. The third kappa shape index (κ3) is 5.38. The first kappa shape index (κ1) is 18.6. The Bertz CT molecular complexity index is 735. The molecule has 0 spiro atoms. The average Bonchev–Trinajstić information content (AvgIpc) is 2.62. The van der Waals surface area contributed by atoms with Crippen molar-refractivity contribution in [2.24, 2.45) is 0 Å². The molecule has 6 heteroatoms. The van der Waals surface area contributed by atoms with Crippen molar-refractivity contribution in [3.05, 3.63) is 53.3 Å². The number of aryl methyl sites for hydroxylation is 1. The van der Waals surface area contributed by atoms with Gasteiger partial charge in [-0.25, -0.2) is 4.39 Å². The highest BCUT2D eigenvalue weighted by Gasteiger charge is 2.06. The van der Waals surface area contributed by atoms with E-state index in [2.05, 4.69) is 10.6 Å². The fourth-order valence-corrected chi connectivity index (χ4v) is 2.33. The molecule has 0 heterocycles. The van der Waals surface area contributed by atoms with Crippen molar-refractivity contribution in [1.82, 2.24) is 5.32 Å². The van der Waals surface area contributed by atoms with Crippen LogP contribution in [0.5, 0.6) is 11.5 Å². The summed E-state index contributed by atoms with van der Waals surface area (Å²) in [6.45, 7) is 2.28. The number of ether oxygens (including phenoxy) is 2. The summed E-state index contributed by atoms with van der Waals surface area (Å²) < 4.78 is 23.9. The molecule has 0 aliphatic carbocycles. The van der Waals surface area contributed by atoms with Gasteiger partial charge in [-0.05, 0) is 48.7 Å². The van der Waals surface area contributed by atoms with Crippen LogP contribution in [0.3, 0.4) is 0 Å². The van der Waals surface area contributed by atoms with E-state index < -0.39 is 0 Å². The van der Waals surface area contributed by atoms with Gasteiger partial charge in [0.25, 0.3) is 0 Å². The first-order valence-electron chi connectivity index (χ1n) is 8.01. The Balaban J connectivity index is 1.77. The summed E-state index contributed by atoms with van der Waals surface area (Å²) in [5, 5.41) is 5.73. The molecule has 2 aromatic carbocycles. The van der Waals surface area contributed by atoms with E-state index in [4.69, 9.17) is 9.47 Å². The van der Waals surface area contributed by atoms with Gasteiger partial charge in [-0.3, -0.25) is 4.79 Å². The number of hydrogen-bond donors (Lipinski definition) is 2. The van der Waals surface area contributed by atoms with E-state index in [1.165, 1.54) is 6.07 Å². The zero-order chi connectivity index (χ0) is 18.2. The van der Waals surface area contributed by atoms with Gasteiger partial charge in [-0.15, -0.1) is 0 Å². The molecule has 0 saturated heterocycles. The van der Waals surface area contributed by atoms with Crippen LogP contribution in [0.2, 0.25) is 0 Å². The molecule has 0 aliphatic rings. The van der Waals surface area contributed by atoms with E-state index in [9.17, 15) is 9.18 Å². The summed E-state index contributed by atoms with van der Waals surface area (Å²) in [6, 6.07) is 10.5. The highest BCUT2D eigenvalue weighted by molar-refractivity contribution is 5.80. The van der Waals surface area contributed by atoms with Gasteiger partial charge in [0.2, 0.25) is 5.91 Å². The van der Waals surface area contributed by atoms with Gasteiger partial charge in [0, 0.05) is 12.2 Å². The number of rotatable bonds is 8. The van der Waals surface area contributed by atoms with Crippen LogP contribution in [0.25, 0.3) is 0 Å². The largest absolute Gasteiger partial charge is 0.493 e. The molecule has 0 saturated carbocycles. The Morgan fingerprint density at radius 2 is 1.84 bits per heavy atom. The number of hydrogen-bond acceptors (Lipinski definition) is 4. The van der Waals surface area contributed by atoms with Gasteiger partial charge in [0.15, 0.2) is 11.5 Å². The Morgan fingerprint density at radius 3 is 2.52 bits per heavy atom. The molecule has 0 aromatic heterocycles. The lowest BCUT2D eigenvalue weighted by molar-refractivity contribution is -0.119. The van der Waals surface area contributed by atoms with Crippen molar-refractivity contribution in [3.8, 4) is 11.5 Å². The quantitative estimate of drug-likeness (QED) is 0.772. The molecule has 134 valence electrons. The molecule has 0 radical (unpaired) electrons. The van der Waals surface area contributed by atoms with Crippen molar-refractivity contribution in [2.45, 2.75) is 13.3 Å². The second-order valence-electron chi connectivity index (χ2n) is 5.61. The smallest absolute Gasteiger partial charge is 0.239 e. The Hall–Kier alpha value is -2.76. The van der Waals surface area contributed by atoms with Crippen molar-refractivity contribution in [2.75, 3.05) is 32.6 Å². The van der Waals surface area contributed by atoms with Gasteiger partial charge >= 0.3 is 0 Å². The third-order valence-corrected chi connectivity index (χ3v) is 3.81. The SMILES string of the molecule is COc1ccc(CCNC(=O)CNc2ccc(C)c(F)c2)cc1OC. The summed E-state index contributed by atoms with van der Waals surface area (Å²) in [7, 11) is 3.17. The zero-order valence-corrected chi connectivity index (χ0v) is 14.7. The van der Waals surface area contributed by atoms with Gasteiger partial charge < -0.3 is 20.1 Å². The number of halogens is 1. The molecule has 0 bridgehead atoms. The van der Waals surface area contributed by atoms with Crippen LogP contribution in [0.4, 0.5) is 10.1 Å². The lowest BCUT2D eigenvalue weighted by Crippen LogP contribution is -2.31. The minimum atomic E-state index is -0.293. The van der Waals surface area contributed by atoms with Crippen LogP contribution in [0, 0.1) is 12.7 Å². The van der Waals surface area contributed by atoms with Gasteiger partial charge in [0.05, 0.1) is 20.8 Å². The number of methoxy groups -OCH3 is 2. The fourth-order valence-electron chi connectivity index (χ4n) is 2.33. The number of nitrogens with one attached hydrogen (secondary N) is 2. The summed E-state index contributed by atoms with van der Waals surface area (Å²) in [4.78, 5) is 11.9. The minimum absolute atomic E-state index is 0.0917. The number of benzene rings is 2. The molecular formula is C19H23FN2O3. The van der Waals surface area contributed by atoms with Crippen LogP contribution in [0.1, 0.15) is 11.1 Å². The monoisotopic (exact) mass is 346 g/mol. The van der Waals surface area contributed by atoms with Crippen LogP contribution in [-0.4, -0.2) is 33.2 Å². The van der Waals surface area contributed by atoms with E-state index >= 15 is 0 Å². The number of amides is 1. The maximum Gasteiger partial charge on any atom is 0.239 e. The lowest BCUT2D eigenvalue weighted by atomic mass is 10.1. The van der Waals surface area contributed by atoms with Gasteiger partial charge in [-0.1, -0.05) is 12.1 Å². The van der Waals surface area contributed by atoms with Crippen molar-refractivity contribution in [3.63, 3.8) is 0 Å². The predicted octanol–water partition coefficient (Wildman–Crippen LogP) is 2.92. The maximum absolute atomic E-state index is 13.5. The van der Waals surface area contributed by atoms with Crippen LogP contribution in [-0.2, 0) is 11.2 Å². The summed E-state index contributed by atoms with van der Waals surface area (Å²) in [6.07, 6.45) is 0.672. The summed E-state index contributed by atoms with van der Waals surface area (Å²) in [5.41, 5.74) is 2.19. The summed E-state index contributed by atoms with van der Waals surface area (Å²) in [5.74, 6) is 0.888. The van der Waals surface area contributed by atoms with Crippen LogP contribution >= 0.6 is 0 Å². The van der Waals surface area contributed by atoms with Crippen LogP contribution in [0.15, 0.2) is 36.4 Å². The van der Waals surface area contributed by atoms with E-state index in [-0.39, 0.29) is 18.3 Å². The van der Waals surface area contributed by atoms with Gasteiger partial charge in [0.1, 0.15) is 5.82 Å². The Labute approximate surface area is 147 Å². The fraction of sp³-hybridized carbons (Fsp3) is 0.316. The number of carbonyl (C=O) groups is 1. The first-order valence-corrected chi connectivity index (χ1v) is 8.01. The van der Waals surface area contributed by atoms with E-state index in [1.54, 1.807) is 33.3 Å². The molecule has 5 nitrogen and oxygen atoms in total. The molecule has 0 unspecified atom stereocenters. The normalized spacial score (nSPS) is 10.2. The molecule has 1 amide bonds. The van der Waals surface area contributed by atoms with Crippen molar-refractivity contribution >= 4 is 11.6 Å². The summed E-state index contributed by atoms with van der Waals surface area (Å²) >= 11 is 0. The highest BCUT2D eigenvalue weighted by atomic mass is 19.1. The topological polar surface area (TPSA) is 59.6 Å². The average molecular weight is 346 g/mol.